The van der Waals surface area contributed by atoms with Gasteiger partial charge in [-0.1, -0.05) is 5.16 Å². The van der Waals surface area contributed by atoms with Crippen molar-refractivity contribution in [1.82, 2.24) is 10.1 Å². The Labute approximate surface area is 62.6 Å². The zero-order valence-corrected chi connectivity index (χ0v) is 5.78. The lowest BCUT2D eigenvalue weighted by Crippen LogP contribution is -2.14. The Morgan fingerprint density at radius 2 is 2.36 bits per heavy atom. The molecule has 0 aliphatic rings. The van der Waals surface area contributed by atoms with Crippen molar-refractivity contribution < 1.29 is 9.32 Å². The van der Waals surface area contributed by atoms with Crippen molar-refractivity contribution >= 4 is 5.91 Å². The number of carbonyl (C=O) groups excluding carboxylic acids is 1. The van der Waals surface area contributed by atoms with E-state index in [-0.39, 0.29) is 18.8 Å². The summed E-state index contributed by atoms with van der Waals surface area (Å²) < 4.78 is 4.62. The molecule has 1 aromatic rings. The van der Waals surface area contributed by atoms with Crippen molar-refractivity contribution in [2.75, 3.05) is 0 Å². The fourth-order valence-corrected chi connectivity index (χ4v) is 0.601. The molecule has 0 bridgehead atoms. The second kappa shape index (κ2) is 3.11. The van der Waals surface area contributed by atoms with Crippen molar-refractivity contribution in [2.45, 2.75) is 13.0 Å². The fraction of sp³-hybridized carbons (Fsp3) is 0.400. The van der Waals surface area contributed by atoms with E-state index >= 15 is 0 Å². The van der Waals surface area contributed by atoms with E-state index in [9.17, 15) is 4.79 Å². The molecule has 0 atom stereocenters. The van der Waals surface area contributed by atoms with Crippen LogP contribution in [0.1, 0.15) is 11.7 Å². The van der Waals surface area contributed by atoms with E-state index in [2.05, 4.69) is 14.7 Å². The minimum absolute atomic E-state index is 0.0104. The van der Waals surface area contributed by atoms with Crippen molar-refractivity contribution in [1.29, 1.82) is 0 Å². The molecule has 60 valence electrons. The van der Waals surface area contributed by atoms with Gasteiger partial charge in [0.2, 0.25) is 11.8 Å². The van der Waals surface area contributed by atoms with Gasteiger partial charge in [0.25, 0.3) is 0 Å². The Bertz CT molecular complexity index is 257. The largest absolute Gasteiger partial charge is 0.369 e. The fourth-order valence-electron chi connectivity index (χ4n) is 0.601. The molecule has 11 heavy (non-hydrogen) atoms. The Balaban J connectivity index is 2.65. The summed E-state index contributed by atoms with van der Waals surface area (Å²) in [5, 5.41) is 3.46. The van der Waals surface area contributed by atoms with Gasteiger partial charge in [0, 0.05) is 0 Å². The molecular weight excluding hydrogens is 148 g/mol. The summed E-state index contributed by atoms with van der Waals surface area (Å²) in [6, 6.07) is 0. The number of hydrogen-bond donors (Lipinski definition) is 2. The molecule has 0 aromatic carbocycles. The highest BCUT2D eigenvalue weighted by atomic mass is 16.5. The first-order valence-corrected chi connectivity index (χ1v) is 3.02. The van der Waals surface area contributed by atoms with Crippen LogP contribution in [0.15, 0.2) is 4.52 Å². The molecular formula is C5H8N4O2. The summed E-state index contributed by atoms with van der Waals surface area (Å²) in [5.74, 6) is 0.0913. The van der Waals surface area contributed by atoms with Gasteiger partial charge in [0.1, 0.15) is 0 Å². The molecule has 4 N–H and O–H groups in total. The van der Waals surface area contributed by atoms with Gasteiger partial charge in [-0.3, -0.25) is 4.79 Å². The molecule has 0 radical (unpaired) electrons. The van der Waals surface area contributed by atoms with Gasteiger partial charge in [-0.2, -0.15) is 4.98 Å². The first-order chi connectivity index (χ1) is 5.22. The van der Waals surface area contributed by atoms with E-state index in [1.807, 2.05) is 0 Å². The summed E-state index contributed by atoms with van der Waals surface area (Å²) in [6.07, 6.45) is -0.0104. The molecule has 6 nitrogen and oxygen atoms in total. The summed E-state index contributed by atoms with van der Waals surface area (Å²) in [7, 11) is 0. The van der Waals surface area contributed by atoms with Crippen LogP contribution in [-0.2, 0) is 17.8 Å². The lowest BCUT2D eigenvalue weighted by molar-refractivity contribution is -0.117. The van der Waals surface area contributed by atoms with Crippen LogP contribution in [0, 0.1) is 0 Å². The van der Waals surface area contributed by atoms with E-state index in [0.717, 1.165) is 0 Å². The minimum atomic E-state index is -0.491. The maximum Gasteiger partial charge on any atom is 0.240 e. The van der Waals surface area contributed by atoms with Crippen molar-refractivity contribution in [2.24, 2.45) is 11.5 Å². The van der Waals surface area contributed by atoms with Gasteiger partial charge < -0.3 is 16.0 Å². The number of primary amides is 1. The van der Waals surface area contributed by atoms with Crippen molar-refractivity contribution in [3.05, 3.63) is 11.7 Å². The number of hydrogen-bond acceptors (Lipinski definition) is 5. The maximum absolute atomic E-state index is 10.3. The van der Waals surface area contributed by atoms with Gasteiger partial charge in [-0.25, -0.2) is 0 Å². The Morgan fingerprint density at radius 3 is 2.82 bits per heavy atom. The minimum Gasteiger partial charge on any atom is -0.369 e. The second-order valence-electron chi connectivity index (χ2n) is 1.95. The number of carbonyl (C=O) groups is 1. The summed E-state index contributed by atoms with van der Waals surface area (Å²) in [5.41, 5.74) is 10.1. The topological polar surface area (TPSA) is 108 Å². The number of aromatic nitrogens is 2. The quantitative estimate of drug-likeness (QED) is 0.556. The number of rotatable bonds is 3. The molecule has 1 heterocycles. The molecule has 0 fully saturated rings. The van der Waals surface area contributed by atoms with Crippen LogP contribution in [-0.4, -0.2) is 16.0 Å². The lowest BCUT2D eigenvalue weighted by Gasteiger charge is -1.83. The van der Waals surface area contributed by atoms with Crippen LogP contribution in [0.2, 0.25) is 0 Å². The molecule has 0 spiro atoms. The normalized spacial score (nSPS) is 9.91. The van der Waals surface area contributed by atoms with E-state index < -0.39 is 5.91 Å². The molecule has 1 aromatic heterocycles. The first kappa shape index (κ1) is 7.67. The second-order valence-corrected chi connectivity index (χ2v) is 1.95. The first-order valence-electron chi connectivity index (χ1n) is 3.02. The standard InChI is InChI=1S/C5H8N4O2/c6-2-5-8-4(9-11-5)1-3(7)10/h1-2,6H2,(H2,7,10). The number of nitrogens with two attached hydrogens (primary N) is 2. The zero-order valence-electron chi connectivity index (χ0n) is 5.78. The molecule has 0 saturated carbocycles. The summed E-state index contributed by atoms with van der Waals surface area (Å²) in [6.45, 7) is 0.172. The predicted octanol–water partition coefficient (Wildman–Crippen LogP) is -1.44. The van der Waals surface area contributed by atoms with E-state index in [1.165, 1.54) is 0 Å². The van der Waals surface area contributed by atoms with E-state index in [4.69, 9.17) is 11.5 Å². The molecule has 0 aliphatic heterocycles. The highest BCUT2D eigenvalue weighted by Crippen LogP contribution is 1.95. The predicted molar refractivity (Wildman–Crippen MR) is 35.1 cm³/mol. The smallest absolute Gasteiger partial charge is 0.240 e. The van der Waals surface area contributed by atoms with Gasteiger partial charge in [-0.05, 0) is 0 Å². The van der Waals surface area contributed by atoms with Crippen LogP contribution in [0.3, 0.4) is 0 Å². The highest BCUT2D eigenvalue weighted by Gasteiger charge is 2.06. The van der Waals surface area contributed by atoms with E-state index in [1.54, 1.807) is 0 Å². The van der Waals surface area contributed by atoms with Gasteiger partial charge in [0.05, 0.1) is 13.0 Å². The zero-order chi connectivity index (χ0) is 8.27. The van der Waals surface area contributed by atoms with Gasteiger partial charge in [0.15, 0.2) is 5.82 Å². The monoisotopic (exact) mass is 156 g/mol. The van der Waals surface area contributed by atoms with Crippen LogP contribution in [0.5, 0.6) is 0 Å². The van der Waals surface area contributed by atoms with E-state index in [0.29, 0.717) is 5.89 Å². The molecule has 0 saturated heterocycles. The Hall–Kier alpha value is -1.43. The summed E-state index contributed by atoms with van der Waals surface area (Å²) in [4.78, 5) is 14.1. The Morgan fingerprint density at radius 1 is 1.64 bits per heavy atom. The molecule has 1 amide bonds. The SMILES string of the molecule is NCc1nc(CC(N)=O)no1. The maximum atomic E-state index is 10.3. The van der Waals surface area contributed by atoms with Crippen molar-refractivity contribution in [3.63, 3.8) is 0 Å². The third-order valence-corrected chi connectivity index (χ3v) is 1.02. The average molecular weight is 156 g/mol. The molecule has 0 aliphatic carbocycles. The third-order valence-electron chi connectivity index (χ3n) is 1.02. The Kier molecular flexibility index (Phi) is 2.17. The van der Waals surface area contributed by atoms with Gasteiger partial charge >= 0.3 is 0 Å². The van der Waals surface area contributed by atoms with Crippen LogP contribution >= 0.6 is 0 Å². The lowest BCUT2D eigenvalue weighted by atomic mass is 10.4. The molecule has 1 rings (SSSR count). The van der Waals surface area contributed by atoms with Crippen molar-refractivity contribution in [3.8, 4) is 0 Å². The number of amides is 1. The summed E-state index contributed by atoms with van der Waals surface area (Å²) >= 11 is 0. The van der Waals surface area contributed by atoms with Gasteiger partial charge in [-0.15, -0.1) is 0 Å². The third kappa shape index (κ3) is 2.01. The molecule has 0 unspecified atom stereocenters. The van der Waals surface area contributed by atoms with Crippen LogP contribution in [0.25, 0.3) is 0 Å². The average Bonchev–Trinajstić information content (AvgIpc) is 2.34. The number of nitrogens with zero attached hydrogens (tertiary/aromatic N) is 2. The van der Waals surface area contributed by atoms with Crippen LogP contribution in [0.4, 0.5) is 0 Å². The highest BCUT2D eigenvalue weighted by molar-refractivity contribution is 5.75. The van der Waals surface area contributed by atoms with Crippen LogP contribution < -0.4 is 11.5 Å². The molecule has 6 heteroatoms.